The molecule has 3 unspecified atom stereocenters. The Balaban J connectivity index is 1.90. The monoisotopic (exact) mass is 470 g/mol. The molecular weight excluding hydrogens is 444 g/mol. The lowest BCUT2D eigenvalue weighted by atomic mass is 9.61. The van der Waals surface area contributed by atoms with Crippen LogP contribution in [0.3, 0.4) is 0 Å². The Morgan fingerprint density at radius 2 is 1.61 bits per heavy atom. The Bertz CT molecular complexity index is 1150. The molecular formula is C29H27BrO. The molecule has 3 aliphatic rings. The highest BCUT2D eigenvalue weighted by molar-refractivity contribution is 9.09. The van der Waals surface area contributed by atoms with Gasteiger partial charge in [-0.25, -0.2) is 0 Å². The van der Waals surface area contributed by atoms with E-state index in [-0.39, 0.29) is 5.41 Å². The van der Waals surface area contributed by atoms with E-state index in [1.165, 1.54) is 44.5 Å². The van der Waals surface area contributed by atoms with Gasteiger partial charge in [-0.05, 0) is 71.6 Å². The molecule has 0 radical (unpaired) electrons. The second-order valence-electron chi connectivity index (χ2n) is 9.21. The lowest BCUT2D eigenvalue weighted by molar-refractivity contribution is 0.112. The molecule has 3 atom stereocenters. The van der Waals surface area contributed by atoms with Crippen molar-refractivity contribution < 1.29 is 4.79 Å². The minimum Gasteiger partial charge on any atom is -0.298 e. The van der Waals surface area contributed by atoms with Crippen LogP contribution in [0.4, 0.5) is 0 Å². The van der Waals surface area contributed by atoms with Gasteiger partial charge in [-0.1, -0.05) is 95.2 Å². The van der Waals surface area contributed by atoms with Crippen molar-refractivity contribution >= 4 is 22.2 Å². The van der Waals surface area contributed by atoms with Gasteiger partial charge in [0.15, 0.2) is 0 Å². The molecule has 0 spiro atoms. The van der Waals surface area contributed by atoms with Crippen LogP contribution in [0.2, 0.25) is 0 Å². The van der Waals surface area contributed by atoms with Crippen LogP contribution in [-0.2, 0) is 5.41 Å². The number of fused-ring (bicyclic) bond motifs is 1. The normalized spacial score (nSPS) is 26.8. The van der Waals surface area contributed by atoms with Gasteiger partial charge in [0.25, 0.3) is 0 Å². The Kier molecular flexibility index (Phi) is 5.01. The van der Waals surface area contributed by atoms with Crippen molar-refractivity contribution in [3.63, 3.8) is 0 Å². The van der Waals surface area contributed by atoms with Crippen LogP contribution in [0.5, 0.6) is 0 Å². The van der Waals surface area contributed by atoms with Crippen molar-refractivity contribution in [3.8, 4) is 0 Å². The zero-order chi connectivity index (χ0) is 21.8. The molecule has 0 amide bonds. The quantitative estimate of drug-likeness (QED) is 0.338. The maximum absolute atomic E-state index is 11.4. The van der Waals surface area contributed by atoms with Crippen LogP contribution in [0, 0.1) is 19.8 Å². The largest absolute Gasteiger partial charge is 0.298 e. The molecule has 2 heteroatoms. The van der Waals surface area contributed by atoms with E-state index in [4.69, 9.17) is 0 Å². The van der Waals surface area contributed by atoms with E-state index in [1.54, 1.807) is 0 Å². The fourth-order valence-electron chi connectivity index (χ4n) is 5.71. The van der Waals surface area contributed by atoms with E-state index in [0.717, 1.165) is 24.7 Å². The number of hydrogen-bond donors (Lipinski definition) is 0. The van der Waals surface area contributed by atoms with Crippen LogP contribution in [0.25, 0.3) is 0 Å². The van der Waals surface area contributed by atoms with Crippen molar-refractivity contribution in [2.75, 3.05) is 0 Å². The molecule has 5 rings (SSSR count). The molecule has 0 fully saturated rings. The van der Waals surface area contributed by atoms with Crippen molar-refractivity contribution in [2.45, 2.75) is 43.9 Å². The highest BCUT2D eigenvalue weighted by atomic mass is 79.9. The molecule has 0 bridgehead atoms. The summed E-state index contributed by atoms with van der Waals surface area (Å²) in [4.78, 5) is 11.7. The van der Waals surface area contributed by atoms with Crippen molar-refractivity contribution in [2.24, 2.45) is 5.92 Å². The van der Waals surface area contributed by atoms with Crippen molar-refractivity contribution in [1.29, 1.82) is 0 Å². The number of carbonyl (C=O) groups is 1. The van der Waals surface area contributed by atoms with E-state index >= 15 is 0 Å². The number of allylic oxidation sites excluding steroid dienone is 8. The topological polar surface area (TPSA) is 17.1 Å². The summed E-state index contributed by atoms with van der Waals surface area (Å²) in [6.07, 6.45) is 12.3. The van der Waals surface area contributed by atoms with Gasteiger partial charge in [0.05, 0.1) is 5.41 Å². The molecule has 3 aliphatic carbocycles. The number of aryl methyl sites for hydroxylation is 2. The molecule has 1 nitrogen and oxygen atoms in total. The van der Waals surface area contributed by atoms with Gasteiger partial charge in [0, 0.05) is 10.4 Å². The first-order valence-electron chi connectivity index (χ1n) is 11.1. The minimum atomic E-state index is -0.294. The maximum Gasteiger partial charge on any atom is 0.150 e. The predicted octanol–water partition coefficient (Wildman–Crippen LogP) is 7.33. The molecule has 0 saturated heterocycles. The van der Waals surface area contributed by atoms with Gasteiger partial charge in [0.2, 0.25) is 0 Å². The third-order valence-electron chi connectivity index (χ3n) is 7.11. The molecule has 0 heterocycles. The predicted molar refractivity (Wildman–Crippen MR) is 132 cm³/mol. The molecule has 2 aromatic carbocycles. The fraction of sp³-hybridized carbons (Fsp3) is 0.276. The zero-order valence-electron chi connectivity index (χ0n) is 18.3. The van der Waals surface area contributed by atoms with Crippen LogP contribution < -0.4 is 0 Å². The van der Waals surface area contributed by atoms with E-state index < -0.39 is 0 Å². The molecule has 0 aromatic heterocycles. The number of alkyl halides is 1. The van der Waals surface area contributed by atoms with Crippen LogP contribution in [-0.4, -0.2) is 11.1 Å². The Hall–Kier alpha value is -2.45. The van der Waals surface area contributed by atoms with Gasteiger partial charge < -0.3 is 0 Å². The summed E-state index contributed by atoms with van der Waals surface area (Å²) in [5.74, 6) is 0.502. The summed E-state index contributed by atoms with van der Waals surface area (Å²) in [5, 5.41) is 0. The molecule has 156 valence electrons. The Morgan fingerprint density at radius 1 is 0.935 bits per heavy atom. The van der Waals surface area contributed by atoms with Gasteiger partial charge >= 0.3 is 0 Å². The van der Waals surface area contributed by atoms with E-state index in [0.29, 0.717) is 10.7 Å². The average Bonchev–Trinajstić information content (AvgIpc) is 3.05. The lowest BCUT2D eigenvalue weighted by Gasteiger charge is -2.41. The van der Waals surface area contributed by atoms with Crippen LogP contribution in [0.1, 0.15) is 52.4 Å². The minimum absolute atomic E-state index is 0.294. The standard InChI is InChI=1S/C29H27BrO/c1-18-4-6-20(3)26(14-18)29(22-9-7-21(17-31)8-10-22)27-15-19(2)5-12-24(27)25-13-11-23(30)16-28(25)29/h4-14,17,19,23H,15-16H2,1-3H3. The van der Waals surface area contributed by atoms with Gasteiger partial charge in [-0.15, -0.1) is 0 Å². The number of halogens is 1. The highest BCUT2D eigenvalue weighted by Gasteiger charge is 2.50. The number of aldehydes is 1. The summed E-state index contributed by atoms with van der Waals surface area (Å²) in [5.41, 5.74) is 11.4. The second-order valence-corrected chi connectivity index (χ2v) is 10.4. The SMILES string of the molecule is Cc1ccc(C)c(C2(c3ccc(C=O)cc3)C3=C(C=CC(C)C3)C3=C2CC(Br)C=C3)c1. The molecule has 0 saturated carbocycles. The summed E-state index contributed by atoms with van der Waals surface area (Å²) in [6.45, 7) is 6.73. The van der Waals surface area contributed by atoms with E-state index in [1.807, 2.05) is 12.1 Å². The Morgan fingerprint density at radius 3 is 2.32 bits per heavy atom. The fourth-order valence-corrected chi connectivity index (χ4v) is 6.19. The third kappa shape index (κ3) is 3.07. The molecule has 0 aliphatic heterocycles. The van der Waals surface area contributed by atoms with E-state index in [2.05, 4.69) is 91.3 Å². The van der Waals surface area contributed by atoms with E-state index in [9.17, 15) is 4.79 Å². The summed E-state index contributed by atoms with van der Waals surface area (Å²) < 4.78 is 0. The lowest BCUT2D eigenvalue weighted by Crippen LogP contribution is -2.34. The summed E-state index contributed by atoms with van der Waals surface area (Å²) >= 11 is 3.88. The summed E-state index contributed by atoms with van der Waals surface area (Å²) in [6, 6.07) is 15.2. The molecule has 0 N–H and O–H groups in total. The molecule has 2 aromatic rings. The van der Waals surface area contributed by atoms with Crippen LogP contribution >= 0.6 is 15.9 Å². The first-order chi connectivity index (χ1) is 14.9. The summed E-state index contributed by atoms with van der Waals surface area (Å²) in [7, 11) is 0. The maximum atomic E-state index is 11.4. The third-order valence-corrected chi connectivity index (χ3v) is 7.74. The number of benzene rings is 2. The number of carbonyl (C=O) groups excluding carboxylic acids is 1. The molecule has 31 heavy (non-hydrogen) atoms. The van der Waals surface area contributed by atoms with Gasteiger partial charge in [0.1, 0.15) is 6.29 Å². The Labute approximate surface area is 193 Å². The first kappa shape index (κ1) is 20.5. The van der Waals surface area contributed by atoms with Crippen molar-refractivity contribution in [1.82, 2.24) is 0 Å². The number of hydrogen-bond acceptors (Lipinski definition) is 1. The van der Waals surface area contributed by atoms with Gasteiger partial charge in [-0.3, -0.25) is 4.79 Å². The zero-order valence-corrected chi connectivity index (χ0v) is 19.9. The average molecular weight is 471 g/mol. The van der Waals surface area contributed by atoms with Crippen LogP contribution in [0.15, 0.2) is 89.1 Å². The second kappa shape index (κ2) is 7.60. The number of rotatable bonds is 3. The van der Waals surface area contributed by atoms with Gasteiger partial charge in [-0.2, -0.15) is 0 Å². The smallest absolute Gasteiger partial charge is 0.150 e. The first-order valence-corrected chi connectivity index (χ1v) is 12.0. The van der Waals surface area contributed by atoms with Crippen molar-refractivity contribution in [3.05, 3.63) is 117 Å². The highest BCUT2D eigenvalue weighted by Crippen LogP contribution is 2.59.